The van der Waals surface area contributed by atoms with Gasteiger partial charge in [-0.2, -0.15) is 17.0 Å². The summed E-state index contributed by atoms with van der Waals surface area (Å²) in [4.78, 5) is 14.7. The maximum atomic E-state index is 12.0. The molecular weight excluding hydrogens is 304 g/mol. The van der Waals surface area contributed by atoms with Gasteiger partial charge in [-0.1, -0.05) is 0 Å². The van der Waals surface area contributed by atoms with Crippen molar-refractivity contribution >= 4 is 39.7 Å². The van der Waals surface area contributed by atoms with Crippen LogP contribution in [0.25, 0.3) is 0 Å². The molecule has 1 amide bonds. The number of hydrogen-bond donors (Lipinski definition) is 2. The van der Waals surface area contributed by atoms with E-state index in [0.717, 1.165) is 23.8 Å². The summed E-state index contributed by atoms with van der Waals surface area (Å²) in [6, 6.07) is 2.16. The lowest BCUT2D eigenvalue weighted by molar-refractivity contribution is 0.0960. The molecule has 1 aromatic rings. The van der Waals surface area contributed by atoms with E-state index in [2.05, 4.69) is 30.1 Å². The summed E-state index contributed by atoms with van der Waals surface area (Å²) in [5, 5.41) is 13.0. The third kappa shape index (κ3) is 3.27. The number of rotatable bonds is 3. The molecule has 2 rings (SSSR count). The third-order valence-electron chi connectivity index (χ3n) is 3.29. The number of thiophene rings is 1. The highest BCUT2D eigenvalue weighted by molar-refractivity contribution is 8.00. The molecule has 0 unspecified atom stereocenters. The van der Waals surface area contributed by atoms with Crippen molar-refractivity contribution in [2.45, 2.75) is 25.5 Å². The Balaban J connectivity index is 2.38. The molecule has 0 bridgehead atoms. The first-order valence-corrected chi connectivity index (χ1v) is 8.69. The first-order chi connectivity index (χ1) is 9.89. The Hall–Kier alpha value is -1.39. The van der Waals surface area contributed by atoms with E-state index in [4.69, 9.17) is 5.73 Å². The molecule has 5 nitrogen and oxygen atoms in total. The Bertz CT molecular complexity index is 589. The first kappa shape index (κ1) is 16.0. The van der Waals surface area contributed by atoms with Gasteiger partial charge in [0, 0.05) is 30.1 Å². The average Bonchev–Trinajstić information content (AvgIpc) is 2.75. The molecule has 7 heteroatoms. The lowest BCUT2D eigenvalue weighted by atomic mass is 10.1. The van der Waals surface area contributed by atoms with Crippen molar-refractivity contribution < 1.29 is 4.79 Å². The molecule has 21 heavy (non-hydrogen) atoms. The van der Waals surface area contributed by atoms with Gasteiger partial charge in [0.05, 0.1) is 5.69 Å². The lowest BCUT2D eigenvalue weighted by Crippen LogP contribution is -2.43. The number of nitrogens with two attached hydrogens (primary N) is 1. The van der Waals surface area contributed by atoms with Gasteiger partial charge in [0.2, 0.25) is 0 Å². The van der Waals surface area contributed by atoms with Crippen molar-refractivity contribution in [2.75, 3.05) is 36.0 Å². The van der Waals surface area contributed by atoms with Crippen molar-refractivity contribution in [3.05, 3.63) is 10.4 Å². The Morgan fingerprint density at radius 3 is 2.86 bits per heavy atom. The molecule has 2 heterocycles. The second-order valence-electron chi connectivity index (χ2n) is 5.53. The smallest absolute Gasteiger partial charge is 0.263 e. The molecule has 0 radical (unpaired) electrons. The zero-order chi connectivity index (χ0) is 15.6. The fraction of sp³-hybridized carbons (Fsp3) is 0.571. The Labute approximate surface area is 133 Å². The standard InChI is InChI=1S/C14H20N4OS2/c1-4-17-12(19)11-10(16)9(7-15)13(21-11)18-5-6-20-14(2,3)8-18/h4-6,8,16H2,1-3H3,(H,17,19). The molecule has 0 aliphatic carbocycles. The molecule has 1 aliphatic rings. The predicted molar refractivity (Wildman–Crippen MR) is 90.2 cm³/mol. The maximum absolute atomic E-state index is 12.0. The fourth-order valence-electron chi connectivity index (χ4n) is 2.36. The van der Waals surface area contributed by atoms with E-state index in [-0.39, 0.29) is 10.7 Å². The van der Waals surface area contributed by atoms with E-state index >= 15 is 0 Å². The van der Waals surface area contributed by atoms with Crippen LogP contribution >= 0.6 is 23.1 Å². The minimum atomic E-state index is -0.201. The van der Waals surface area contributed by atoms with E-state index < -0.39 is 0 Å². The zero-order valence-electron chi connectivity index (χ0n) is 12.5. The quantitative estimate of drug-likeness (QED) is 0.891. The van der Waals surface area contributed by atoms with Crippen LogP contribution in [0.1, 0.15) is 36.0 Å². The van der Waals surface area contributed by atoms with Crippen molar-refractivity contribution in [1.29, 1.82) is 5.26 Å². The van der Waals surface area contributed by atoms with Gasteiger partial charge in [0.25, 0.3) is 5.91 Å². The van der Waals surface area contributed by atoms with Gasteiger partial charge < -0.3 is 16.0 Å². The van der Waals surface area contributed by atoms with Crippen LogP contribution < -0.4 is 16.0 Å². The van der Waals surface area contributed by atoms with Crippen LogP contribution in [-0.2, 0) is 0 Å². The number of hydrogen-bond acceptors (Lipinski definition) is 6. The lowest BCUT2D eigenvalue weighted by Gasteiger charge is -2.38. The molecule has 1 aliphatic heterocycles. The van der Waals surface area contributed by atoms with Crippen LogP contribution in [0.4, 0.5) is 10.7 Å². The normalized spacial score (nSPS) is 17.3. The number of thioether (sulfide) groups is 1. The van der Waals surface area contributed by atoms with Crippen molar-refractivity contribution in [2.24, 2.45) is 0 Å². The molecule has 0 spiro atoms. The number of amides is 1. The zero-order valence-corrected chi connectivity index (χ0v) is 14.2. The number of nitriles is 1. The predicted octanol–water partition coefficient (Wildman–Crippen LogP) is 2.28. The molecule has 1 fully saturated rings. The number of anilines is 2. The second kappa shape index (κ2) is 6.16. The average molecular weight is 324 g/mol. The summed E-state index contributed by atoms with van der Waals surface area (Å²) < 4.78 is 0.134. The van der Waals surface area contributed by atoms with Crippen LogP contribution in [0, 0.1) is 11.3 Å². The summed E-state index contributed by atoms with van der Waals surface area (Å²) >= 11 is 3.25. The Morgan fingerprint density at radius 1 is 1.57 bits per heavy atom. The summed E-state index contributed by atoms with van der Waals surface area (Å²) in [7, 11) is 0. The second-order valence-corrected chi connectivity index (χ2v) is 8.33. The minimum absolute atomic E-state index is 0.134. The van der Waals surface area contributed by atoms with Gasteiger partial charge in [0.15, 0.2) is 0 Å². The first-order valence-electron chi connectivity index (χ1n) is 6.89. The summed E-state index contributed by atoms with van der Waals surface area (Å²) in [5.74, 6) is 0.806. The number of carbonyl (C=O) groups excluding carboxylic acids is 1. The number of nitrogen functional groups attached to an aromatic ring is 1. The highest BCUT2D eigenvalue weighted by Crippen LogP contribution is 2.41. The van der Waals surface area contributed by atoms with E-state index in [9.17, 15) is 10.1 Å². The minimum Gasteiger partial charge on any atom is -0.396 e. The van der Waals surface area contributed by atoms with Crippen LogP contribution in [0.15, 0.2) is 0 Å². The highest BCUT2D eigenvalue weighted by Gasteiger charge is 2.31. The van der Waals surface area contributed by atoms with Gasteiger partial charge in [0.1, 0.15) is 21.5 Å². The van der Waals surface area contributed by atoms with Crippen molar-refractivity contribution in [1.82, 2.24) is 5.32 Å². The molecule has 3 N–H and O–H groups in total. The van der Waals surface area contributed by atoms with Crippen LogP contribution in [-0.4, -0.2) is 36.0 Å². The van der Waals surface area contributed by atoms with Crippen molar-refractivity contribution in [3.63, 3.8) is 0 Å². The largest absolute Gasteiger partial charge is 0.396 e. The molecule has 0 saturated carbocycles. The van der Waals surface area contributed by atoms with Gasteiger partial charge in [-0.25, -0.2) is 0 Å². The van der Waals surface area contributed by atoms with E-state index in [1.54, 1.807) is 0 Å². The number of nitrogens with one attached hydrogen (secondary N) is 1. The van der Waals surface area contributed by atoms with Gasteiger partial charge in [-0.3, -0.25) is 4.79 Å². The highest BCUT2D eigenvalue weighted by atomic mass is 32.2. The third-order valence-corrected chi connectivity index (χ3v) is 5.86. The van der Waals surface area contributed by atoms with E-state index in [1.165, 1.54) is 11.3 Å². The summed E-state index contributed by atoms with van der Waals surface area (Å²) in [6.45, 7) is 8.51. The van der Waals surface area contributed by atoms with Gasteiger partial charge in [-0.15, -0.1) is 11.3 Å². The van der Waals surface area contributed by atoms with Gasteiger partial charge >= 0.3 is 0 Å². The Kier molecular flexibility index (Phi) is 4.69. The topological polar surface area (TPSA) is 82.2 Å². The number of nitrogens with zero attached hydrogens (tertiary/aromatic N) is 2. The summed E-state index contributed by atoms with van der Waals surface area (Å²) in [5.41, 5.74) is 6.75. The van der Waals surface area contributed by atoms with Crippen LogP contribution in [0.2, 0.25) is 0 Å². The molecule has 0 atom stereocenters. The molecular formula is C14H20N4OS2. The molecule has 1 aromatic heterocycles. The van der Waals surface area contributed by atoms with E-state index in [1.807, 2.05) is 18.7 Å². The molecule has 0 aromatic carbocycles. The van der Waals surface area contributed by atoms with Gasteiger partial charge in [-0.05, 0) is 20.8 Å². The molecule has 1 saturated heterocycles. The maximum Gasteiger partial charge on any atom is 0.263 e. The molecule has 114 valence electrons. The number of carbonyl (C=O) groups is 1. The van der Waals surface area contributed by atoms with Crippen LogP contribution in [0.3, 0.4) is 0 Å². The Morgan fingerprint density at radius 2 is 2.29 bits per heavy atom. The van der Waals surface area contributed by atoms with E-state index in [0.29, 0.717) is 22.7 Å². The van der Waals surface area contributed by atoms with Crippen molar-refractivity contribution in [3.8, 4) is 6.07 Å². The van der Waals surface area contributed by atoms with Crippen LogP contribution in [0.5, 0.6) is 0 Å². The fourth-order valence-corrected chi connectivity index (χ4v) is 4.59. The SMILES string of the molecule is CCNC(=O)c1sc(N2CCSC(C)(C)C2)c(C#N)c1N. The summed E-state index contributed by atoms with van der Waals surface area (Å²) in [6.07, 6.45) is 0. The monoisotopic (exact) mass is 324 g/mol.